The Morgan fingerprint density at radius 2 is 1.89 bits per heavy atom. The topological polar surface area (TPSA) is 58.6 Å². The fourth-order valence-electron chi connectivity index (χ4n) is 3.14. The molecule has 0 radical (unpaired) electrons. The van der Waals surface area contributed by atoms with Gasteiger partial charge < -0.3 is 15.2 Å². The van der Waals surface area contributed by atoms with Gasteiger partial charge in [-0.1, -0.05) is 45.4 Å². The molecular weight excluding hydrogens is 381 g/mol. The van der Waals surface area contributed by atoms with E-state index in [4.69, 9.17) is 16.3 Å². The summed E-state index contributed by atoms with van der Waals surface area (Å²) in [5.74, 6) is -0.194. The van der Waals surface area contributed by atoms with Crippen LogP contribution in [0.5, 0.6) is 11.5 Å². The van der Waals surface area contributed by atoms with Crippen LogP contribution in [0.3, 0.4) is 0 Å². The average Bonchev–Trinajstić information content (AvgIpc) is 2.62. The third-order valence-corrected chi connectivity index (χ3v) is 4.99. The van der Waals surface area contributed by atoms with E-state index >= 15 is 0 Å². The van der Waals surface area contributed by atoms with Gasteiger partial charge in [0.25, 0.3) is 5.91 Å². The molecule has 6 heteroatoms. The number of aromatic hydroxyl groups is 1. The number of halogens is 2. The summed E-state index contributed by atoms with van der Waals surface area (Å²) in [5.41, 5.74) is 2.52. The van der Waals surface area contributed by atoms with Crippen molar-refractivity contribution < 1.29 is 19.0 Å². The fraction of sp³-hybridized carbons (Fsp3) is 0.409. The summed E-state index contributed by atoms with van der Waals surface area (Å²) < 4.78 is 20.5. The van der Waals surface area contributed by atoms with Crippen LogP contribution in [0.2, 0.25) is 5.02 Å². The Balaban J connectivity index is 2.43. The van der Waals surface area contributed by atoms with Gasteiger partial charge in [0.1, 0.15) is 17.3 Å². The van der Waals surface area contributed by atoms with Gasteiger partial charge in [0.15, 0.2) is 6.61 Å². The molecule has 2 rings (SSSR count). The van der Waals surface area contributed by atoms with Gasteiger partial charge >= 0.3 is 0 Å². The molecule has 152 valence electrons. The van der Waals surface area contributed by atoms with E-state index in [-0.39, 0.29) is 30.1 Å². The maximum absolute atomic E-state index is 15.0. The minimum absolute atomic E-state index is 0.0376. The van der Waals surface area contributed by atoms with E-state index in [2.05, 4.69) is 5.32 Å². The maximum Gasteiger partial charge on any atom is 0.257 e. The van der Waals surface area contributed by atoms with Crippen molar-refractivity contribution >= 4 is 17.5 Å². The fourth-order valence-corrected chi connectivity index (χ4v) is 3.43. The first kappa shape index (κ1) is 22.0. The Bertz CT molecular complexity index is 865. The van der Waals surface area contributed by atoms with Crippen LogP contribution < -0.4 is 10.1 Å². The summed E-state index contributed by atoms with van der Waals surface area (Å²) >= 11 is 6.51. The van der Waals surface area contributed by atoms with Gasteiger partial charge in [0, 0.05) is 24.1 Å². The summed E-state index contributed by atoms with van der Waals surface area (Å²) in [4.78, 5) is 11.4. The monoisotopic (exact) mass is 407 g/mol. The molecule has 0 bridgehead atoms. The Morgan fingerprint density at radius 3 is 2.46 bits per heavy atom. The highest BCUT2D eigenvalue weighted by Crippen LogP contribution is 2.36. The third-order valence-electron chi connectivity index (χ3n) is 4.66. The molecular formula is C22H27ClFNO3. The number of carbonyl (C=O) groups is 1. The largest absolute Gasteiger partial charge is 0.508 e. The first-order valence-electron chi connectivity index (χ1n) is 9.31. The molecule has 0 fully saturated rings. The highest BCUT2D eigenvalue weighted by molar-refractivity contribution is 6.31. The minimum atomic E-state index is -0.402. The lowest BCUT2D eigenvalue weighted by Crippen LogP contribution is -2.24. The normalized spacial score (nSPS) is 11.2. The number of nitrogens with one attached hydrogen (secondary N) is 1. The van der Waals surface area contributed by atoms with Crippen LogP contribution in [0.1, 0.15) is 61.8 Å². The molecule has 0 aliphatic heterocycles. The van der Waals surface area contributed by atoms with Gasteiger partial charge in [-0.3, -0.25) is 4.79 Å². The van der Waals surface area contributed by atoms with Crippen molar-refractivity contribution in [1.82, 2.24) is 5.32 Å². The zero-order chi connectivity index (χ0) is 21.0. The Morgan fingerprint density at radius 1 is 1.21 bits per heavy atom. The Labute approximate surface area is 170 Å². The number of ether oxygens (including phenoxy) is 1. The molecule has 1 amide bonds. The molecule has 0 saturated carbocycles. The summed E-state index contributed by atoms with van der Waals surface area (Å²) in [6, 6.07) is 6.61. The molecule has 2 N–H and O–H groups in total. The van der Waals surface area contributed by atoms with Crippen molar-refractivity contribution in [3.05, 3.63) is 57.4 Å². The van der Waals surface area contributed by atoms with E-state index in [0.29, 0.717) is 28.3 Å². The summed E-state index contributed by atoms with van der Waals surface area (Å²) in [5, 5.41) is 12.9. The van der Waals surface area contributed by atoms with Crippen LogP contribution >= 0.6 is 11.6 Å². The smallest absolute Gasteiger partial charge is 0.257 e. The molecule has 0 atom stereocenters. The van der Waals surface area contributed by atoms with Crippen molar-refractivity contribution in [2.75, 3.05) is 13.7 Å². The molecule has 0 spiro atoms. The molecule has 0 aliphatic rings. The SMILES string of the molecule is CNC(=O)COc1cc(Cl)c(Cc2ccc(O)c(C(C)C)c2F)c(C(C)C)c1. The molecule has 0 aromatic heterocycles. The minimum Gasteiger partial charge on any atom is -0.508 e. The van der Waals surface area contributed by atoms with E-state index in [1.54, 1.807) is 19.2 Å². The average molecular weight is 408 g/mol. The van der Waals surface area contributed by atoms with Crippen LogP contribution in [-0.4, -0.2) is 24.7 Å². The summed E-state index contributed by atoms with van der Waals surface area (Å²) in [6.45, 7) is 7.61. The van der Waals surface area contributed by atoms with E-state index in [9.17, 15) is 14.3 Å². The molecule has 2 aromatic rings. The first-order chi connectivity index (χ1) is 13.1. The summed E-state index contributed by atoms with van der Waals surface area (Å²) in [7, 11) is 1.54. The number of likely N-dealkylation sites (N-methyl/N-ethyl adjacent to an activating group) is 1. The number of carbonyl (C=O) groups excluding carboxylic acids is 1. The van der Waals surface area contributed by atoms with Gasteiger partial charge in [-0.25, -0.2) is 4.39 Å². The molecule has 2 aromatic carbocycles. The standard InChI is InChI=1S/C22H27ClFNO3/c1-12(2)16-9-15(28-11-20(27)25-5)10-18(23)17(16)8-14-6-7-19(26)21(13(3)4)22(14)24/h6-7,9-10,12-13,26H,8,11H2,1-5H3,(H,25,27). The van der Waals surface area contributed by atoms with E-state index in [0.717, 1.165) is 11.1 Å². The predicted octanol–water partition coefficient (Wildman–Crippen LogP) is 5.15. The van der Waals surface area contributed by atoms with Gasteiger partial charge in [-0.2, -0.15) is 0 Å². The van der Waals surface area contributed by atoms with Gasteiger partial charge in [-0.05, 0) is 46.7 Å². The van der Waals surface area contributed by atoms with Crippen LogP contribution in [0.15, 0.2) is 24.3 Å². The number of phenolic OH excluding ortho intramolecular Hbond substituents is 1. The van der Waals surface area contributed by atoms with Gasteiger partial charge in [0.2, 0.25) is 0 Å². The van der Waals surface area contributed by atoms with Crippen molar-refractivity contribution in [3.63, 3.8) is 0 Å². The zero-order valence-corrected chi connectivity index (χ0v) is 17.7. The molecule has 4 nitrogen and oxygen atoms in total. The lowest BCUT2D eigenvalue weighted by atomic mass is 9.90. The van der Waals surface area contributed by atoms with Crippen molar-refractivity contribution in [2.24, 2.45) is 0 Å². The molecule has 0 saturated heterocycles. The number of benzene rings is 2. The van der Waals surface area contributed by atoms with Gasteiger partial charge in [-0.15, -0.1) is 0 Å². The first-order valence-corrected chi connectivity index (χ1v) is 9.69. The number of phenols is 1. The maximum atomic E-state index is 15.0. The summed E-state index contributed by atoms with van der Waals surface area (Å²) in [6.07, 6.45) is 0.300. The number of rotatable bonds is 7. The van der Waals surface area contributed by atoms with E-state index in [1.807, 2.05) is 33.8 Å². The lowest BCUT2D eigenvalue weighted by Gasteiger charge is -2.19. The third kappa shape index (κ3) is 4.96. The van der Waals surface area contributed by atoms with Crippen LogP contribution in [0.25, 0.3) is 0 Å². The van der Waals surface area contributed by atoms with E-state index < -0.39 is 5.82 Å². The highest BCUT2D eigenvalue weighted by atomic mass is 35.5. The van der Waals surface area contributed by atoms with E-state index in [1.165, 1.54) is 6.07 Å². The Hall–Kier alpha value is -2.27. The number of hydrogen-bond acceptors (Lipinski definition) is 3. The number of amides is 1. The van der Waals surface area contributed by atoms with Crippen molar-refractivity contribution in [2.45, 2.75) is 46.0 Å². The van der Waals surface area contributed by atoms with Crippen molar-refractivity contribution in [1.29, 1.82) is 0 Å². The quantitative estimate of drug-likeness (QED) is 0.667. The second-order valence-electron chi connectivity index (χ2n) is 7.39. The van der Waals surface area contributed by atoms with Gasteiger partial charge in [0.05, 0.1) is 0 Å². The zero-order valence-electron chi connectivity index (χ0n) is 16.9. The Kier molecular flexibility index (Phi) is 7.30. The predicted molar refractivity (Wildman–Crippen MR) is 110 cm³/mol. The van der Waals surface area contributed by atoms with Crippen molar-refractivity contribution in [3.8, 4) is 11.5 Å². The second kappa shape index (κ2) is 9.28. The van der Waals surface area contributed by atoms with Crippen LogP contribution in [0.4, 0.5) is 4.39 Å². The lowest BCUT2D eigenvalue weighted by molar-refractivity contribution is -0.122. The highest BCUT2D eigenvalue weighted by Gasteiger charge is 2.20. The second-order valence-corrected chi connectivity index (χ2v) is 7.80. The number of hydrogen-bond donors (Lipinski definition) is 2. The van der Waals surface area contributed by atoms with Crippen LogP contribution in [-0.2, 0) is 11.2 Å². The molecule has 0 heterocycles. The van der Waals surface area contributed by atoms with Crippen LogP contribution in [0, 0.1) is 5.82 Å². The molecule has 0 unspecified atom stereocenters. The molecule has 0 aliphatic carbocycles. The molecule has 28 heavy (non-hydrogen) atoms.